The molecule has 1 heterocycles. The number of ether oxygens (including phenoxy) is 1. The van der Waals surface area contributed by atoms with Crippen LogP contribution in [0.15, 0.2) is 36.4 Å². The maximum Gasteiger partial charge on any atom is 0.311 e. The van der Waals surface area contributed by atoms with Crippen molar-refractivity contribution in [2.24, 2.45) is 0 Å². The molecule has 8 nitrogen and oxygen atoms in total. The number of ketones is 1. The van der Waals surface area contributed by atoms with Gasteiger partial charge in [-0.05, 0) is 30.3 Å². The zero-order valence-electron chi connectivity index (χ0n) is 13.5. The van der Waals surface area contributed by atoms with Gasteiger partial charge in [-0.25, -0.2) is 0 Å². The molecule has 0 aliphatic carbocycles. The molecule has 134 valence electrons. The fraction of sp³-hybridized carbons (Fsp3) is 0.176. The molecule has 0 saturated heterocycles. The van der Waals surface area contributed by atoms with Gasteiger partial charge in [-0.2, -0.15) is 0 Å². The number of anilines is 1. The van der Waals surface area contributed by atoms with Crippen LogP contribution in [-0.4, -0.2) is 28.8 Å². The summed E-state index contributed by atoms with van der Waals surface area (Å²) >= 11 is 5.92. The minimum absolute atomic E-state index is 0.000925. The van der Waals surface area contributed by atoms with Crippen LogP contribution in [0.25, 0.3) is 0 Å². The lowest BCUT2D eigenvalue weighted by Gasteiger charge is -2.20. The average Bonchev–Trinajstić information content (AvgIpc) is 2.85. The molecular weight excluding hydrogens is 364 g/mol. The number of aliphatic hydroxyl groups is 1. The first-order valence-electron chi connectivity index (χ1n) is 7.46. The number of halogens is 1. The van der Waals surface area contributed by atoms with Crippen LogP contribution in [0.2, 0.25) is 5.02 Å². The number of nitrogens with one attached hydrogen (secondary N) is 1. The van der Waals surface area contributed by atoms with Gasteiger partial charge in [0.2, 0.25) is 0 Å². The van der Waals surface area contributed by atoms with E-state index in [9.17, 15) is 24.8 Å². The topological polar surface area (TPSA) is 119 Å². The number of nitrogens with zero attached hydrogens (tertiary/aromatic N) is 1. The SMILES string of the molecule is COc1ccc(C(=O)C[C@]2(O)C(=O)Nc3ccc(Cl)cc32)cc1[N+](=O)[O-]. The summed E-state index contributed by atoms with van der Waals surface area (Å²) in [5, 5.41) is 24.7. The molecule has 26 heavy (non-hydrogen) atoms. The van der Waals surface area contributed by atoms with Crippen LogP contribution in [0.5, 0.6) is 5.75 Å². The molecule has 1 amide bonds. The third-order valence-electron chi connectivity index (χ3n) is 4.16. The maximum absolute atomic E-state index is 12.6. The highest BCUT2D eigenvalue weighted by Crippen LogP contribution is 2.40. The Morgan fingerprint density at radius 1 is 1.35 bits per heavy atom. The summed E-state index contributed by atoms with van der Waals surface area (Å²) < 4.78 is 4.89. The molecule has 0 bridgehead atoms. The minimum Gasteiger partial charge on any atom is -0.490 e. The molecule has 2 aromatic rings. The normalized spacial score (nSPS) is 18.2. The molecule has 0 spiro atoms. The quantitative estimate of drug-likeness (QED) is 0.470. The second kappa shape index (κ2) is 6.40. The lowest BCUT2D eigenvalue weighted by atomic mass is 9.88. The Hall–Kier alpha value is -2.97. The molecule has 0 unspecified atom stereocenters. The second-order valence-electron chi connectivity index (χ2n) is 5.75. The second-order valence-corrected chi connectivity index (χ2v) is 6.18. The summed E-state index contributed by atoms with van der Waals surface area (Å²) in [6.07, 6.45) is -0.588. The number of hydrogen-bond donors (Lipinski definition) is 2. The van der Waals surface area contributed by atoms with Gasteiger partial charge in [-0.15, -0.1) is 0 Å². The number of carbonyl (C=O) groups excluding carboxylic acids is 2. The molecule has 1 aliphatic heterocycles. The number of Topliss-reactive ketones (excluding diaryl/α,β-unsaturated/α-hetero) is 1. The molecule has 0 aromatic heterocycles. The molecule has 9 heteroatoms. The third kappa shape index (κ3) is 2.89. The lowest BCUT2D eigenvalue weighted by molar-refractivity contribution is -0.385. The van der Waals surface area contributed by atoms with E-state index in [1.54, 1.807) is 6.07 Å². The van der Waals surface area contributed by atoms with Crippen LogP contribution in [-0.2, 0) is 10.4 Å². The summed E-state index contributed by atoms with van der Waals surface area (Å²) in [6.45, 7) is 0. The largest absolute Gasteiger partial charge is 0.490 e. The smallest absolute Gasteiger partial charge is 0.311 e. The van der Waals surface area contributed by atoms with Crippen LogP contribution in [0, 0.1) is 10.1 Å². The number of carbonyl (C=O) groups is 2. The van der Waals surface area contributed by atoms with Gasteiger partial charge in [-0.1, -0.05) is 11.6 Å². The van der Waals surface area contributed by atoms with E-state index in [0.29, 0.717) is 10.7 Å². The highest BCUT2D eigenvalue weighted by molar-refractivity contribution is 6.31. The molecule has 2 aromatic carbocycles. The third-order valence-corrected chi connectivity index (χ3v) is 4.40. The Labute approximate surface area is 152 Å². The molecular formula is C17H13ClN2O6. The molecule has 0 fully saturated rings. The van der Waals surface area contributed by atoms with E-state index >= 15 is 0 Å². The molecule has 0 saturated carbocycles. The van der Waals surface area contributed by atoms with Crippen molar-refractivity contribution in [3.05, 3.63) is 62.7 Å². The van der Waals surface area contributed by atoms with Crippen molar-refractivity contribution in [2.45, 2.75) is 12.0 Å². The summed E-state index contributed by atoms with van der Waals surface area (Å²) in [4.78, 5) is 35.2. The van der Waals surface area contributed by atoms with E-state index in [-0.39, 0.29) is 22.6 Å². The highest BCUT2D eigenvalue weighted by Gasteiger charge is 2.47. The van der Waals surface area contributed by atoms with Gasteiger partial charge in [0.1, 0.15) is 0 Å². The van der Waals surface area contributed by atoms with E-state index in [0.717, 1.165) is 6.07 Å². The number of rotatable bonds is 5. The van der Waals surface area contributed by atoms with Crippen molar-refractivity contribution in [3.8, 4) is 5.75 Å². The summed E-state index contributed by atoms with van der Waals surface area (Å²) in [6, 6.07) is 8.14. The Kier molecular flexibility index (Phi) is 4.39. The van der Waals surface area contributed by atoms with Gasteiger partial charge in [0.25, 0.3) is 5.91 Å². The van der Waals surface area contributed by atoms with Gasteiger partial charge in [0.05, 0.1) is 18.5 Å². The maximum atomic E-state index is 12.6. The predicted octanol–water partition coefficient (Wildman–Crippen LogP) is 2.67. The van der Waals surface area contributed by atoms with E-state index in [1.807, 2.05) is 0 Å². The first-order chi connectivity index (χ1) is 12.3. The number of fused-ring (bicyclic) bond motifs is 1. The van der Waals surface area contributed by atoms with E-state index in [2.05, 4.69) is 5.32 Å². The molecule has 2 N–H and O–H groups in total. The summed E-state index contributed by atoms with van der Waals surface area (Å²) in [5.41, 5.74) is -1.97. The number of methoxy groups -OCH3 is 1. The van der Waals surface area contributed by atoms with Crippen molar-refractivity contribution in [3.63, 3.8) is 0 Å². The first kappa shape index (κ1) is 17.8. The van der Waals surface area contributed by atoms with Gasteiger partial charge in [-0.3, -0.25) is 19.7 Å². The number of nitro groups is 1. The van der Waals surface area contributed by atoms with Gasteiger partial charge in [0, 0.05) is 27.9 Å². The van der Waals surface area contributed by atoms with Crippen LogP contribution >= 0.6 is 11.6 Å². The van der Waals surface area contributed by atoms with Crippen LogP contribution < -0.4 is 10.1 Å². The Morgan fingerprint density at radius 3 is 2.73 bits per heavy atom. The van der Waals surface area contributed by atoms with Crippen LogP contribution in [0.3, 0.4) is 0 Å². The monoisotopic (exact) mass is 376 g/mol. The predicted molar refractivity (Wildman–Crippen MR) is 92.6 cm³/mol. The van der Waals surface area contributed by atoms with Crippen molar-refractivity contribution in [1.82, 2.24) is 0 Å². The van der Waals surface area contributed by atoms with Crippen molar-refractivity contribution in [2.75, 3.05) is 12.4 Å². The minimum atomic E-state index is -2.11. The van der Waals surface area contributed by atoms with Gasteiger partial charge in [0.15, 0.2) is 17.1 Å². The van der Waals surface area contributed by atoms with Gasteiger partial charge >= 0.3 is 5.69 Å². The number of hydrogen-bond acceptors (Lipinski definition) is 6. The first-order valence-corrected chi connectivity index (χ1v) is 7.83. The van der Waals surface area contributed by atoms with E-state index in [1.165, 1.54) is 31.4 Å². The van der Waals surface area contributed by atoms with Crippen molar-refractivity contribution >= 4 is 34.7 Å². The van der Waals surface area contributed by atoms with Crippen LogP contribution in [0.4, 0.5) is 11.4 Å². The Bertz CT molecular complexity index is 945. The molecule has 1 atom stereocenters. The Balaban J connectivity index is 1.96. The molecule has 1 aliphatic rings. The Morgan fingerprint density at radius 2 is 2.08 bits per heavy atom. The van der Waals surface area contributed by atoms with E-state index < -0.39 is 28.6 Å². The molecule has 0 radical (unpaired) electrons. The number of benzene rings is 2. The van der Waals surface area contributed by atoms with Crippen molar-refractivity contribution < 1.29 is 24.4 Å². The average molecular weight is 377 g/mol. The summed E-state index contributed by atoms with van der Waals surface area (Å²) in [7, 11) is 1.27. The lowest BCUT2D eigenvalue weighted by Crippen LogP contribution is -2.36. The van der Waals surface area contributed by atoms with Crippen molar-refractivity contribution in [1.29, 1.82) is 0 Å². The van der Waals surface area contributed by atoms with Crippen LogP contribution in [0.1, 0.15) is 22.3 Å². The standard InChI is InChI=1S/C17H13ClN2O6/c1-26-15-5-2-9(6-13(15)20(24)25)14(21)8-17(23)11-7-10(18)3-4-12(11)19-16(17)22/h2-7,23H,8H2,1H3,(H,19,22)/t17-/m1/s1. The van der Waals surface area contributed by atoms with E-state index in [4.69, 9.17) is 16.3 Å². The number of amides is 1. The fourth-order valence-electron chi connectivity index (χ4n) is 2.83. The zero-order chi connectivity index (χ0) is 19.1. The summed E-state index contributed by atoms with van der Waals surface area (Å²) in [5.74, 6) is -1.40. The number of nitro benzene ring substituents is 1. The highest BCUT2D eigenvalue weighted by atomic mass is 35.5. The zero-order valence-corrected chi connectivity index (χ0v) is 14.2. The fourth-order valence-corrected chi connectivity index (χ4v) is 3.00. The molecule has 3 rings (SSSR count). The van der Waals surface area contributed by atoms with Gasteiger partial charge < -0.3 is 15.2 Å².